The molecule has 112 valence electrons. The predicted molar refractivity (Wildman–Crippen MR) is 80.7 cm³/mol. The summed E-state index contributed by atoms with van der Waals surface area (Å²) in [6.45, 7) is 8.89. The van der Waals surface area contributed by atoms with E-state index in [1.807, 2.05) is 32.6 Å². The largest absolute Gasteiger partial charge is 0.383 e. The second-order valence-corrected chi connectivity index (χ2v) is 8.57. The van der Waals surface area contributed by atoms with Gasteiger partial charge in [0.05, 0.1) is 11.5 Å². The van der Waals surface area contributed by atoms with Crippen molar-refractivity contribution in [3.63, 3.8) is 0 Å². The summed E-state index contributed by atoms with van der Waals surface area (Å²) in [4.78, 5) is 11.0. The number of hydrogen-bond donors (Lipinski definition) is 1. The van der Waals surface area contributed by atoms with Crippen molar-refractivity contribution in [2.24, 2.45) is 0 Å². The standard InChI is InChI=1S/C13H22N4O2S/c1-9-10(14)15-12(13(2,3)4)16-11(9)17-5-7-20(18,19)8-6-17/h5-8H2,1-4H3,(H2,14,15,16). The molecule has 0 saturated carbocycles. The summed E-state index contributed by atoms with van der Waals surface area (Å²) in [7, 11) is -2.90. The molecule has 1 aliphatic heterocycles. The fourth-order valence-corrected chi connectivity index (χ4v) is 3.29. The lowest BCUT2D eigenvalue weighted by Gasteiger charge is -2.30. The number of hydrogen-bond acceptors (Lipinski definition) is 6. The highest BCUT2D eigenvalue weighted by Gasteiger charge is 2.26. The number of rotatable bonds is 1. The fraction of sp³-hybridized carbons (Fsp3) is 0.692. The quantitative estimate of drug-likeness (QED) is 0.828. The SMILES string of the molecule is Cc1c(N)nc(C(C)(C)C)nc1N1CCS(=O)(=O)CC1. The lowest BCUT2D eigenvalue weighted by Crippen LogP contribution is -2.41. The molecule has 7 heteroatoms. The van der Waals surface area contributed by atoms with Gasteiger partial charge in [0.15, 0.2) is 9.84 Å². The molecule has 0 bridgehead atoms. The first-order valence-electron chi connectivity index (χ1n) is 6.70. The molecular weight excluding hydrogens is 276 g/mol. The first-order chi connectivity index (χ1) is 9.10. The lowest BCUT2D eigenvalue weighted by atomic mass is 9.95. The third-order valence-electron chi connectivity index (χ3n) is 3.47. The summed E-state index contributed by atoms with van der Waals surface area (Å²) in [6.07, 6.45) is 0. The predicted octanol–water partition coefficient (Wildman–Crippen LogP) is 0.900. The number of anilines is 2. The van der Waals surface area contributed by atoms with Crippen LogP contribution in [0.15, 0.2) is 0 Å². The van der Waals surface area contributed by atoms with Crippen LogP contribution in [0.3, 0.4) is 0 Å². The minimum atomic E-state index is -2.90. The van der Waals surface area contributed by atoms with Crippen molar-refractivity contribution in [1.82, 2.24) is 9.97 Å². The van der Waals surface area contributed by atoms with E-state index in [9.17, 15) is 8.42 Å². The van der Waals surface area contributed by atoms with Gasteiger partial charge in [-0.05, 0) is 6.92 Å². The Morgan fingerprint density at radius 3 is 2.20 bits per heavy atom. The molecule has 0 aromatic carbocycles. The van der Waals surface area contributed by atoms with E-state index >= 15 is 0 Å². The van der Waals surface area contributed by atoms with E-state index in [0.29, 0.717) is 24.7 Å². The molecule has 2 rings (SSSR count). The Bertz CT molecular complexity index is 606. The monoisotopic (exact) mass is 298 g/mol. The van der Waals surface area contributed by atoms with E-state index in [2.05, 4.69) is 9.97 Å². The highest BCUT2D eigenvalue weighted by atomic mass is 32.2. The van der Waals surface area contributed by atoms with Gasteiger partial charge in [-0.1, -0.05) is 20.8 Å². The molecule has 0 spiro atoms. The maximum Gasteiger partial charge on any atom is 0.153 e. The van der Waals surface area contributed by atoms with Crippen LogP contribution >= 0.6 is 0 Å². The Morgan fingerprint density at radius 1 is 1.15 bits per heavy atom. The van der Waals surface area contributed by atoms with Crippen molar-refractivity contribution < 1.29 is 8.42 Å². The maximum absolute atomic E-state index is 11.5. The van der Waals surface area contributed by atoms with Crippen LogP contribution in [0.1, 0.15) is 32.2 Å². The summed E-state index contributed by atoms with van der Waals surface area (Å²) in [5.74, 6) is 2.25. The molecule has 20 heavy (non-hydrogen) atoms. The Labute approximate surface area is 120 Å². The zero-order valence-electron chi connectivity index (χ0n) is 12.5. The van der Waals surface area contributed by atoms with Crippen LogP contribution in [0.25, 0.3) is 0 Å². The first kappa shape index (κ1) is 15.0. The van der Waals surface area contributed by atoms with Crippen LogP contribution < -0.4 is 10.6 Å². The van der Waals surface area contributed by atoms with Crippen LogP contribution in [0.2, 0.25) is 0 Å². The summed E-state index contributed by atoms with van der Waals surface area (Å²) in [5.41, 5.74) is 6.60. The van der Waals surface area contributed by atoms with Gasteiger partial charge in [-0.15, -0.1) is 0 Å². The zero-order valence-corrected chi connectivity index (χ0v) is 13.3. The van der Waals surface area contributed by atoms with Crippen molar-refractivity contribution in [2.45, 2.75) is 33.1 Å². The Kier molecular flexibility index (Phi) is 3.66. The van der Waals surface area contributed by atoms with Gasteiger partial charge in [0.2, 0.25) is 0 Å². The van der Waals surface area contributed by atoms with Crippen LogP contribution in [0.5, 0.6) is 0 Å². The van der Waals surface area contributed by atoms with Gasteiger partial charge in [0.25, 0.3) is 0 Å². The van der Waals surface area contributed by atoms with Crippen LogP contribution in [0, 0.1) is 6.92 Å². The maximum atomic E-state index is 11.5. The molecule has 0 amide bonds. The molecule has 2 N–H and O–H groups in total. The van der Waals surface area contributed by atoms with Gasteiger partial charge < -0.3 is 10.6 Å². The van der Waals surface area contributed by atoms with Gasteiger partial charge >= 0.3 is 0 Å². The first-order valence-corrected chi connectivity index (χ1v) is 8.52. The minimum absolute atomic E-state index is 0.168. The van der Waals surface area contributed by atoms with Gasteiger partial charge in [-0.3, -0.25) is 0 Å². The molecule has 0 atom stereocenters. The molecule has 6 nitrogen and oxygen atoms in total. The van der Waals surface area contributed by atoms with Crippen LogP contribution in [-0.2, 0) is 15.3 Å². The van der Waals surface area contributed by atoms with E-state index in [4.69, 9.17) is 5.73 Å². The molecule has 1 fully saturated rings. The van der Waals surface area contributed by atoms with Crippen molar-refractivity contribution in [1.29, 1.82) is 0 Å². The van der Waals surface area contributed by atoms with Gasteiger partial charge in [0.1, 0.15) is 17.5 Å². The minimum Gasteiger partial charge on any atom is -0.383 e. The van der Waals surface area contributed by atoms with E-state index in [-0.39, 0.29) is 16.9 Å². The molecule has 2 heterocycles. The fourth-order valence-electron chi connectivity index (χ4n) is 2.09. The van der Waals surface area contributed by atoms with Crippen LogP contribution in [0.4, 0.5) is 11.6 Å². The number of nitrogen functional groups attached to an aromatic ring is 1. The van der Waals surface area contributed by atoms with Gasteiger partial charge in [0, 0.05) is 24.1 Å². The van der Waals surface area contributed by atoms with E-state index in [1.165, 1.54) is 0 Å². The third-order valence-corrected chi connectivity index (χ3v) is 5.08. The second kappa shape index (κ2) is 4.87. The van der Waals surface area contributed by atoms with Gasteiger partial charge in [-0.2, -0.15) is 0 Å². The summed E-state index contributed by atoms with van der Waals surface area (Å²) >= 11 is 0. The van der Waals surface area contributed by atoms with Gasteiger partial charge in [-0.25, -0.2) is 18.4 Å². The van der Waals surface area contributed by atoms with Crippen molar-refractivity contribution in [3.8, 4) is 0 Å². The van der Waals surface area contributed by atoms with Crippen molar-refractivity contribution in [3.05, 3.63) is 11.4 Å². The highest BCUT2D eigenvalue weighted by Crippen LogP contribution is 2.27. The Balaban J connectivity index is 2.39. The zero-order chi connectivity index (χ0) is 15.1. The molecule has 0 unspecified atom stereocenters. The normalized spacial score (nSPS) is 19.1. The summed E-state index contributed by atoms with van der Waals surface area (Å²) in [6, 6.07) is 0. The van der Waals surface area contributed by atoms with E-state index in [1.54, 1.807) is 0 Å². The van der Waals surface area contributed by atoms with E-state index < -0.39 is 9.84 Å². The smallest absolute Gasteiger partial charge is 0.153 e. The number of sulfone groups is 1. The number of nitrogens with two attached hydrogens (primary N) is 1. The molecule has 1 aromatic heterocycles. The van der Waals surface area contributed by atoms with E-state index in [0.717, 1.165) is 11.4 Å². The Hall–Kier alpha value is -1.37. The average Bonchev–Trinajstić information content (AvgIpc) is 2.31. The van der Waals surface area contributed by atoms with Crippen LogP contribution in [-0.4, -0.2) is 43.0 Å². The molecule has 1 aliphatic rings. The molecule has 0 aliphatic carbocycles. The number of nitrogens with zero attached hydrogens (tertiary/aromatic N) is 3. The van der Waals surface area contributed by atoms with Crippen molar-refractivity contribution in [2.75, 3.05) is 35.2 Å². The van der Waals surface area contributed by atoms with Crippen molar-refractivity contribution >= 4 is 21.5 Å². The topological polar surface area (TPSA) is 89.2 Å². The second-order valence-electron chi connectivity index (χ2n) is 6.27. The molecule has 1 saturated heterocycles. The summed E-state index contributed by atoms with van der Waals surface area (Å²) in [5, 5.41) is 0. The molecular formula is C13H22N4O2S. The number of aromatic nitrogens is 2. The molecule has 1 aromatic rings. The average molecular weight is 298 g/mol. The molecule has 0 radical (unpaired) electrons. The lowest BCUT2D eigenvalue weighted by molar-refractivity contribution is 0.543. The Morgan fingerprint density at radius 2 is 1.70 bits per heavy atom. The third kappa shape index (κ3) is 3.03. The summed E-state index contributed by atoms with van der Waals surface area (Å²) < 4.78 is 23.0. The highest BCUT2D eigenvalue weighted by molar-refractivity contribution is 7.91.